The normalized spacial score (nSPS) is 20.9. The third-order valence-corrected chi connectivity index (χ3v) is 5.32. The molecule has 140 valence electrons. The van der Waals surface area contributed by atoms with Crippen LogP contribution in [0.5, 0.6) is 0 Å². The summed E-state index contributed by atoms with van der Waals surface area (Å²) in [7, 11) is 0. The van der Waals surface area contributed by atoms with E-state index in [1.807, 2.05) is 17.0 Å². The fourth-order valence-corrected chi connectivity index (χ4v) is 3.86. The number of hydrogen-bond acceptors (Lipinski definition) is 3. The van der Waals surface area contributed by atoms with Crippen LogP contribution in [0.25, 0.3) is 0 Å². The third-order valence-electron chi connectivity index (χ3n) is 5.32. The van der Waals surface area contributed by atoms with Crippen LogP contribution in [-0.4, -0.2) is 47.4 Å². The summed E-state index contributed by atoms with van der Waals surface area (Å²) in [5, 5.41) is 8.84. The minimum absolute atomic E-state index is 0.0125. The molecule has 6 nitrogen and oxygen atoms in total. The molecule has 1 unspecified atom stereocenters. The second kappa shape index (κ2) is 8.34. The molecule has 2 aliphatic heterocycles. The van der Waals surface area contributed by atoms with Crippen molar-refractivity contribution in [2.45, 2.75) is 44.9 Å². The van der Waals surface area contributed by atoms with Crippen LogP contribution in [0, 0.1) is 5.92 Å². The van der Waals surface area contributed by atoms with E-state index in [1.54, 1.807) is 17.0 Å². The molecule has 0 aromatic heterocycles. The summed E-state index contributed by atoms with van der Waals surface area (Å²) >= 11 is 0. The Hall–Kier alpha value is -2.37. The molecule has 0 bridgehead atoms. The van der Waals surface area contributed by atoms with Gasteiger partial charge in [-0.3, -0.25) is 14.4 Å². The molecular weight excluding hydrogens is 332 g/mol. The number of nitrogens with zero attached hydrogens (tertiary/aromatic N) is 2. The van der Waals surface area contributed by atoms with E-state index in [0.717, 1.165) is 44.5 Å². The van der Waals surface area contributed by atoms with E-state index in [-0.39, 0.29) is 24.2 Å². The summed E-state index contributed by atoms with van der Waals surface area (Å²) in [6.07, 6.45) is 5.22. The number of likely N-dealkylation sites (tertiary alicyclic amines) is 1. The first-order valence-electron chi connectivity index (χ1n) is 9.46. The van der Waals surface area contributed by atoms with Crippen LogP contribution in [0.3, 0.4) is 0 Å². The third kappa shape index (κ3) is 4.42. The van der Waals surface area contributed by atoms with E-state index in [2.05, 4.69) is 0 Å². The zero-order valence-electron chi connectivity index (χ0n) is 15.0. The zero-order chi connectivity index (χ0) is 18.5. The van der Waals surface area contributed by atoms with Gasteiger partial charge in [0.05, 0.1) is 0 Å². The standard InChI is InChI=1S/C20H26N2O4/c23-18-5-1-2-13-22(18)17-9-7-16(8-10-17)20(26)21-12-3-4-15(14-21)6-11-19(24)25/h7-10,15H,1-6,11-14H2,(H,24,25). The smallest absolute Gasteiger partial charge is 0.303 e. The topological polar surface area (TPSA) is 77.9 Å². The Labute approximate surface area is 153 Å². The van der Waals surface area contributed by atoms with E-state index in [9.17, 15) is 14.4 Å². The molecule has 2 fully saturated rings. The van der Waals surface area contributed by atoms with Gasteiger partial charge in [0, 0.05) is 43.7 Å². The number of benzene rings is 1. The van der Waals surface area contributed by atoms with E-state index < -0.39 is 5.97 Å². The van der Waals surface area contributed by atoms with Crippen LogP contribution >= 0.6 is 0 Å². The van der Waals surface area contributed by atoms with Crippen LogP contribution < -0.4 is 4.90 Å². The minimum Gasteiger partial charge on any atom is -0.481 e. The molecule has 26 heavy (non-hydrogen) atoms. The van der Waals surface area contributed by atoms with E-state index in [4.69, 9.17) is 5.11 Å². The number of carbonyl (C=O) groups excluding carboxylic acids is 2. The molecule has 1 aromatic rings. The maximum atomic E-state index is 12.8. The van der Waals surface area contributed by atoms with Crippen molar-refractivity contribution in [2.24, 2.45) is 5.92 Å². The van der Waals surface area contributed by atoms with Gasteiger partial charge < -0.3 is 14.9 Å². The highest BCUT2D eigenvalue weighted by atomic mass is 16.4. The predicted octanol–water partition coefficient (Wildman–Crippen LogP) is 2.92. The van der Waals surface area contributed by atoms with Crippen LogP contribution in [0.15, 0.2) is 24.3 Å². The fourth-order valence-electron chi connectivity index (χ4n) is 3.86. The Bertz CT molecular complexity index is 671. The number of aliphatic carboxylic acids is 1. The number of piperidine rings is 2. The molecule has 0 saturated carbocycles. The molecule has 1 aromatic carbocycles. The highest BCUT2D eigenvalue weighted by Crippen LogP contribution is 2.24. The predicted molar refractivity (Wildman–Crippen MR) is 98.1 cm³/mol. The lowest BCUT2D eigenvalue weighted by Crippen LogP contribution is -2.40. The van der Waals surface area contributed by atoms with Crippen LogP contribution in [-0.2, 0) is 9.59 Å². The van der Waals surface area contributed by atoms with Crippen molar-refractivity contribution in [3.8, 4) is 0 Å². The average molecular weight is 358 g/mol. The van der Waals surface area contributed by atoms with Crippen molar-refractivity contribution in [1.82, 2.24) is 4.90 Å². The maximum absolute atomic E-state index is 12.8. The van der Waals surface area contributed by atoms with Crippen molar-refractivity contribution in [2.75, 3.05) is 24.5 Å². The molecule has 2 saturated heterocycles. The molecule has 3 rings (SSSR count). The van der Waals surface area contributed by atoms with Gasteiger partial charge in [-0.2, -0.15) is 0 Å². The number of carboxylic acids is 1. The molecular formula is C20H26N2O4. The van der Waals surface area contributed by atoms with Gasteiger partial charge in [-0.15, -0.1) is 0 Å². The zero-order valence-corrected chi connectivity index (χ0v) is 15.0. The molecule has 1 atom stereocenters. The highest BCUT2D eigenvalue weighted by molar-refractivity contribution is 5.97. The molecule has 0 radical (unpaired) electrons. The number of anilines is 1. The number of carboxylic acid groups (broad SMARTS) is 1. The van der Waals surface area contributed by atoms with Gasteiger partial charge in [-0.1, -0.05) is 0 Å². The molecule has 1 N–H and O–H groups in total. The Morgan fingerprint density at radius 3 is 2.54 bits per heavy atom. The van der Waals surface area contributed by atoms with Crippen molar-refractivity contribution < 1.29 is 19.5 Å². The Balaban J connectivity index is 1.62. The van der Waals surface area contributed by atoms with Gasteiger partial charge in [0.15, 0.2) is 0 Å². The molecule has 2 amide bonds. The van der Waals surface area contributed by atoms with Gasteiger partial charge in [-0.05, 0) is 62.3 Å². The number of rotatable bonds is 5. The van der Waals surface area contributed by atoms with Gasteiger partial charge in [-0.25, -0.2) is 0 Å². The minimum atomic E-state index is -0.781. The second-order valence-corrected chi connectivity index (χ2v) is 7.24. The van der Waals surface area contributed by atoms with Crippen molar-refractivity contribution >= 4 is 23.5 Å². The number of carbonyl (C=O) groups is 3. The summed E-state index contributed by atoms with van der Waals surface area (Å²) in [4.78, 5) is 39.2. The summed E-state index contributed by atoms with van der Waals surface area (Å²) in [5.41, 5.74) is 1.47. The first kappa shape index (κ1) is 18.4. The summed E-state index contributed by atoms with van der Waals surface area (Å²) in [5.74, 6) is -0.389. The highest BCUT2D eigenvalue weighted by Gasteiger charge is 2.25. The lowest BCUT2D eigenvalue weighted by Gasteiger charge is -2.33. The van der Waals surface area contributed by atoms with Gasteiger partial charge >= 0.3 is 5.97 Å². The first-order chi connectivity index (χ1) is 12.5. The monoisotopic (exact) mass is 358 g/mol. The average Bonchev–Trinajstić information content (AvgIpc) is 2.66. The van der Waals surface area contributed by atoms with E-state index in [0.29, 0.717) is 24.9 Å². The van der Waals surface area contributed by atoms with Gasteiger partial charge in [0.2, 0.25) is 5.91 Å². The van der Waals surface area contributed by atoms with E-state index >= 15 is 0 Å². The maximum Gasteiger partial charge on any atom is 0.303 e. The summed E-state index contributed by atoms with van der Waals surface area (Å²) in [6, 6.07) is 7.28. The second-order valence-electron chi connectivity index (χ2n) is 7.24. The van der Waals surface area contributed by atoms with Crippen molar-refractivity contribution in [1.29, 1.82) is 0 Å². The number of amides is 2. The first-order valence-corrected chi connectivity index (χ1v) is 9.46. The largest absolute Gasteiger partial charge is 0.481 e. The lowest BCUT2D eigenvalue weighted by atomic mass is 9.93. The Morgan fingerprint density at radius 2 is 1.85 bits per heavy atom. The Kier molecular flexibility index (Phi) is 5.91. The van der Waals surface area contributed by atoms with Gasteiger partial charge in [0.25, 0.3) is 5.91 Å². The molecule has 0 spiro atoms. The van der Waals surface area contributed by atoms with Crippen LogP contribution in [0.2, 0.25) is 0 Å². The van der Waals surface area contributed by atoms with Crippen LogP contribution in [0.1, 0.15) is 55.3 Å². The quantitative estimate of drug-likeness (QED) is 0.878. The summed E-state index contributed by atoms with van der Waals surface area (Å²) in [6.45, 7) is 2.08. The van der Waals surface area contributed by atoms with Crippen molar-refractivity contribution in [3.63, 3.8) is 0 Å². The number of hydrogen-bond donors (Lipinski definition) is 1. The van der Waals surface area contributed by atoms with Gasteiger partial charge in [0.1, 0.15) is 0 Å². The lowest BCUT2D eigenvalue weighted by molar-refractivity contribution is -0.137. The fraction of sp³-hybridized carbons (Fsp3) is 0.550. The van der Waals surface area contributed by atoms with Crippen molar-refractivity contribution in [3.05, 3.63) is 29.8 Å². The summed E-state index contributed by atoms with van der Waals surface area (Å²) < 4.78 is 0. The van der Waals surface area contributed by atoms with E-state index in [1.165, 1.54) is 0 Å². The molecule has 6 heteroatoms. The molecule has 2 heterocycles. The molecule has 0 aliphatic carbocycles. The Morgan fingerprint density at radius 1 is 1.08 bits per heavy atom. The SMILES string of the molecule is O=C(O)CCC1CCCN(C(=O)c2ccc(N3CCCCC3=O)cc2)C1. The van der Waals surface area contributed by atoms with Crippen LogP contribution in [0.4, 0.5) is 5.69 Å². The molecule has 2 aliphatic rings.